The van der Waals surface area contributed by atoms with E-state index in [9.17, 15) is 4.79 Å². The molecule has 0 bridgehead atoms. The molecule has 0 heterocycles. The van der Waals surface area contributed by atoms with Crippen molar-refractivity contribution in [1.29, 1.82) is 0 Å². The van der Waals surface area contributed by atoms with E-state index in [4.69, 9.17) is 4.74 Å². The maximum atomic E-state index is 11.4. The van der Waals surface area contributed by atoms with E-state index in [1.165, 1.54) is 0 Å². The number of aryl methyl sites for hydroxylation is 1. The SMILES string of the molecule is Cc1ccccc1CC(=O)OCC(C)C. The van der Waals surface area contributed by atoms with Gasteiger partial charge in [-0.05, 0) is 24.0 Å². The third kappa shape index (κ3) is 4.15. The normalized spacial score (nSPS) is 10.4. The van der Waals surface area contributed by atoms with E-state index in [1.54, 1.807) is 0 Å². The summed E-state index contributed by atoms with van der Waals surface area (Å²) in [7, 11) is 0. The number of hydrogen-bond donors (Lipinski definition) is 0. The van der Waals surface area contributed by atoms with Crippen molar-refractivity contribution < 1.29 is 9.53 Å². The first-order valence-corrected chi connectivity index (χ1v) is 5.29. The molecule has 0 aliphatic carbocycles. The second kappa shape index (κ2) is 5.54. The molecule has 1 aromatic rings. The molecule has 82 valence electrons. The molecule has 2 heteroatoms. The van der Waals surface area contributed by atoms with Crippen LogP contribution in [0.25, 0.3) is 0 Å². The van der Waals surface area contributed by atoms with E-state index in [1.807, 2.05) is 45.0 Å². The molecule has 0 saturated carbocycles. The molecule has 0 fully saturated rings. The Hall–Kier alpha value is -1.31. The molecule has 0 atom stereocenters. The van der Waals surface area contributed by atoms with Crippen LogP contribution in [0.1, 0.15) is 25.0 Å². The minimum Gasteiger partial charge on any atom is -0.465 e. The Kier molecular flexibility index (Phi) is 4.35. The van der Waals surface area contributed by atoms with E-state index in [0.29, 0.717) is 18.9 Å². The van der Waals surface area contributed by atoms with Gasteiger partial charge in [-0.1, -0.05) is 38.1 Å². The zero-order valence-corrected chi connectivity index (χ0v) is 9.62. The van der Waals surface area contributed by atoms with Crippen LogP contribution in [0.2, 0.25) is 0 Å². The number of carbonyl (C=O) groups is 1. The smallest absolute Gasteiger partial charge is 0.310 e. The molecule has 1 rings (SSSR count). The molecule has 0 amide bonds. The molecule has 0 N–H and O–H groups in total. The summed E-state index contributed by atoms with van der Waals surface area (Å²) in [5.41, 5.74) is 2.19. The van der Waals surface area contributed by atoms with E-state index in [2.05, 4.69) is 0 Å². The van der Waals surface area contributed by atoms with Gasteiger partial charge in [0.05, 0.1) is 13.0 Å². The van der Waals surface area contributed by atoms with Crippen molar-refractivity contribution in [1.82, 2.24) is 0 Å². The average molecular weight is 206 g/mol. The van der Waals surface area contributed by atoms with Crippen molar-refractivity contribution in [3.63, 3.8) is 0 Å². The van der Waals surface area contributed by atoms with Crippen molar-refractivity contribution >= 4 is 5.97 Å². The van der Waals surface area contributed by atoms with Gasteiger partial charge in [0.1, 0.15) is 0 Å². The molecule has 0 unspecified atom stereocenters. The van der Waals surface area contributed by atoms with E-state index in [-0.39, 0.29) is 5.97 Å². The van der Waals surface area contributed by atoms with E-state index >= 15 is 0 Å². The number of hydrogen-bond acceptors (Lipinski definition) is 2. The zero-order chi connectivity index (χ0) is 11.3. The lowest BCUT2D eigenvalue weighted by Gasteiger charge is -2.08. The summed E-state index contributed by atoms with van der Waals surface area (Å²) in [6, 6.07) is 7.88. The van der Waals surface area contributed by atoms with Crippen LogP contribution < -0.4 is 0 Å². The largest absolute Gasteiger partial charge is 0.465 e. The highest BCUT2D eigenvalue weighted by atomic mass is 16.5. The Bertz CT molecular complexity index is 329. The van der Waals surface area contributed by atoms with Gasteiger partial charge in [-0.15, -0.1) is 0 Å². The predicted octanol–water partition coefficient (Wildman–Crippen LogP) is 2.74. The van der Waals surface area contributed by atoms with Crippen LogP contribution in [0.4, 0.5) is 0 Å². The first-order valence-electron chi connectivity index (χ1n) is 5.29. The topological polar surface area (TPSA) is 26.3 Å². The highest BCUT2D eigenvalue weighted by Gasteiger charge is 2.07. The number of rotatable bonds is 4. The molecule has 0 aromatic heterocycles. The van der Waals surface area contributed by atoms with Gasteiger partial charge in [-0.25, -0.2) is 0 Å². The molecule has 2 nitrogen and oxygen atoms in total. The van der Waals surface area contributed by atoms with Crippen LogP contribution >= 0.6 is 0 Å². The van der Waals surface area contributed by atoms with Gasteiger partial charge in [-0.3, -0.25) is 4.79 Å². The summed E-state index contributed by atoms with van der Waals surface area (Å²) >= 11 is 0. The summed E-state index contributed by atoms with van der Waals surface area (Å²) in [6.45, 7) is 6.57. The average Bonchev–Trinajstić information content (AvgIpc) is 2.18. The summed E-state index contributed by atoms with van der Waals surface area (Å²) in [6.07, 6.45) is 0.374. The molecule has 0 aliphatic rings. The molecule has 15 heavy (non-hydrogen) atoms. The van der Waals surface area contributed by atoms with E-state index in [0.717, 1.165) is 11.1 Å². The third-order valence-electron chi connectivity index (χ3n) is 2.17. The van der Waals surface area contributed by atoms with Crippen molar-refractivity contribution in [3.8, 4) is 0 Å². The molecular formula is C13H18O2. The van der Waals surface area contributed by atoms with Gasteiger partial charge in [0, 0.05) is 0 Å². The fraction of sp³-hybridized carbons (Fsp3) is 0.462. The third-order valence-corrected chi connectivity index (χ3v) is 2.17. The quantitative estimate of drug-likeness (QED) is 0.708. The second-order valence-electron chi connectivity index (χ2n) is 4.18. The minimum absolute atomic E-state index is 0.141. The fourth-order valence-electron chi connectivity index (χ4n) is 1.27. The summed E-state index contributed by atoms with van der Waals surface area (Å²) in [4.78, 5) is 11.4. The lowest BCUT2D eigenvalue weighted by Crippen LogP contribution is -2.12. The van der Waals surface area contributed by atoms with Gasteiger partial charge >= 0.3 is 5.97 Å². The van der Waals surface area contributed by atoms with Gasteiger partial charge < -0.3 is 4.74 Å². The van der Waals surface area contributed by atoms with E-state index < -0.39 is 0 Å². The van der Waals surface area contributed by atoms with Crippen molar-refractivity contribution in [2.45, 2.75) is 27.2 Å². The second-order valence-corrected chi connectivity index (χ2v) is 4.18. The minimum atomic E-state index is -0.141. The summed E-state index contributed by atoms with van der Waals surface area (Å²) in [5.74, 6) is 0.254. The Labute approximate surface area is 91.3 Å². The number of benzene rings is 1. The Morgan fingerprint density at radius 1 is 1.33 bits per heavy atom. The Balaban J connectivity index is 2.48. The highest BCUT2D eigenvalue weighted by Crippen LogP contribution is 2.08. The van der Waals surface area contributed by atoms with Gasteiger partial charge in [0.25, 0.3) is 0 Å². The van der Waals surface area contributed by atoms with Crippen LogP contribution in [-0.4, -0.2) is 12.6 Å². The monoisotopic (exact) mass is 206 g/mol. The van der Waals surface area contributed by atoms with Gasteiger partial charge in [0.15, 0.2) is 0 Å². The summed E-state index contributed by atoms with van der Waals surface area (Å²) < 4.78 is 5.12. The Morgan fingerprint density at radius 2 is 2.00 bits per heavy atom. The molecule has 0 spiro atoms. The van der Waals surface area contributed by atoms with Crippen LogP contribution in [0.15, 0.2) is 24.3 Å². The molecule has 0 radical (unpaired) electrons. The summed E-state index contributed by atoms with van der Waals surface area (Å²) in [5, 5.41) is 0. The number of ether oxygens (including phenoxy) is 1. The van der Waals surface area contributed by atoms with Gasteiger partial charge in [0.2, 0.25) is 0 Å². The fourth-order valence-corrected chi connectivity index (χ4v) is 1.27. The number of esters is 1. The standard InChI is InChI=1S/C13H18O2/c1-10(2)9-15-13(14)8-12-7-5-4-6-11(12)3/h4-7,10H,8-9H2,1-3H3. The first-order chi connectivity index (χ1) is 7.09. The van der Waals surface area contributed by atoms with Crippen LogP contribution in [0, 0.1) is 12.8 Å². The zero-order valence-electron chi connectivity index (χ0n) is 9.62. The van der Waals surface area contributed by atoms with Crippen molar-refractivity contribution in [3.05, 3.63) is 35.4 Å². The highest BCUT2D eigenvalue weighted by molar-refractivity contribution is 5.73. The number of carbonyl (C=O) groups excluding carboxylic acids is 1. The van der Waals surface area contributed by atoms with Gasteiger partial charge in [-0.2, -0.15) is 0 Å². The van der Waals surface area contributed by atoms with Crippen LogP contribution in [-0.2, 0) is 16.0 Å². The lowest BCUT2D eigenvalue weighted by molar-refractivity contribution is -0.143. The maximum Gasteiger partial charge on any atom is 0.310 e. The maximum absolute atomic E-state index is 11.4. The molecular weight excluding hydrogens is 188 g/mol. The molecule has 0 aliphatic heterocycles. The predicted molar refractivity (Wildman–Crippen MR) is 60.7 cm³/mol. The Morgan fingerprint density at radius 3 is 2.60 bits per heavy atom. The lowest BCUT2D eigenvalue weighted by atomic mass is 10.1. The molecule has 0 saturated heterocycles. The van der Waals surface area contributed by atoms with Crippen molar-refractivity contribution in [2.24, 2.45) is 5.92 Å². The van der Waals surface area contributed by atoms with Crippen LogP contribution in [0.5, 0.6) is 0 Å². The molecule has 1 aromatic carbocycles. The van der Waals surface area contributed by atoms with Crippen LogP contribution in [0.3, 0.4) is 0 Å². The van der Waals surface area contributed by atoms with Crippen molar-refractivity contribution in [2.75, 3.05) is 6.61 Å². The first kappa shape index (κ1) is 11.8.